The first kappa shape index (κ1) is 14.8. The number of likely N-dealkylation sites (tertiary alicyclic amines) is 2. The van der Waals surface area contributed by atoms with Crippen LogP contribution in [0.2, 0.25) is 0 Å². The lowest BCUT2D eigenvalue weighted by atomic mass is 9.85. The molecule has 0 spiro atoms. The maximum Gasteiger partial charge on any atom is 0.0798 e. The molecule has 2 atom stereocenters. The van der Waals surface area contributed by atoms with Gasteiger partial charge in [0.2, 0.25) is 0 Å². The van der Waals surface area contributed by atoms with Crippen LogP contribution in [0.1, 0.15) is 58.3 Å². The summed E-state index contributed by atoms with van der Waals surface area (Å²) >= 11 is 0. The van der Waals surface area contributed by atoms with Gasteiger partial charge in [-0.05, 0) is 58.0 Å². The van der Waals surface area contributed by atoms with E-state index in [9.17, 15) is 5.11 Å². The van der Waals surface area contributed by atoms with Crippen LogP contribution in [-0.4, -0.2) is 59.3 Å². The summed E-state index contributed by atoms with van der Waals surface area (Å²) in [5.41, 5.74) is -0.479. The van der Waals surface area contributed by atoms with Gasteiger partial charge < -0.3 is 10.0 Å². The van der Waals surface area contributed by atoms with Crippen molar-refractivity contribution in [2.75, 3.05) is 32.7 Å². The molecule has 0 aromatic rings. The predicted octanol–water partition coefficient (Wildman–Crippen LogP) is 2.49. The van der Waals surface area contributed by atoms with Crippen molar-refractivity contribution in [3.8, 4) is 0 Å². The summed E-state index contributed by atoms with van der Waals surface area (Å²) in [5.74, 6) is 0.922. The minimum Gasteiger partial charge on any atom is -0.388 e. The highest BCUT2D eigenvalue weighted by atomic mass is 16.3. The largest absolute Gasteiger partial charge is 0.388 e. The molecule has 2 saturated heterocycles. The van der Waals surface area contributed by atoms with Gasteiger partial charge in [-0.15, -0.1) is 0 Å². The van der Waals surface area contributed by atoms with E-state index >= 15 is 0 Å². The van der Waals surface area contributed by atoms with Crippen molar-refractivity contribution in [2.45, 2.75) is 69.9 Å². The van der Waals surface area contributed by atoms with Crippen molar-refractivity contribution in [2.24, 2.45) is 5.92 Å². The Bertz CT molecular complexity index is 306. The van der Waals surface area contributed by atoms with Crippen molar-refractivity contribution < 1.29 is 5.11 Å². The van der Waals surface area contributed by atoms with Gasteiger partial charge in [0.05, 0.1) is 11.6 Å². The lowest BCUT2D eigenvalue weighted by Gasteiger charge is -2.47. The number of rotatable bonds is 3. The monoisotopic (exact) mass is 280 g/mol. The summed E-state index contributed by atoms with van der Waals surface area (Å²) in [6.45, 7) is 7.90. The number of hydrogen-bond donors (Lipinski definition) is 1. The SMILES string of the molecule is C[C@@]1(O)CCN(CC2CCCCC2)C[C@H]1N1CCCC1. The van der Waals surface area contributed by atoms with Gasteiger partial charge in [0.25, 0.3) is 0 Å². The summed E-state index contributed by atoms with van der Waals surface area (Å²) in [7, 11) is 0. The maximum absolute atomic E-state index is 10.7. The van der Waals surface area contributed by atoms with E-state index in [1.165, 1.54) is 64.6 Å². The highest BCUT2D eigenvalue weighted by Crippen LogP contribution is 2.31. The number of hydrogen-bond acceptors (Lipinski definition) is 3. The third kappa shape index (κ3) is 3.37. The average molecular weight is 280 g/mol. The molecule has 2 aliphatic heterocycles. The molecule has 20 heavy (non-hydrogen) atoms. The first-order valence-electron chi connectivity index (χ1n) is 8.84. The standard InChI is InChI=1S/C17H32N2O/c1-17(20)9-12-18(13-15-7-3-2-4-8-15)14-16(17)19-10-5-6-11-19/h15-16,20H,2-14H2,1H3/t16-,17-/m1/s1. The highest BCUT2D eigenvalue weighted by Gasteiger charge is 2.41. The Kier molecular flexibility index (Phi) is 4.68. The fourth-order valence-electron chi connectivity index (χ4n) is 4.55. The molecule has 3 fully saturated rings. The molecule has 0 radical (unpaired) electrons. The normalized spacial score (nSPS) is 38.4. The van der Waals surface area contributed by atoms with Crippen LogP contribution in [0.25, 0.3) is 0 Å². The Balaban J connectivity index is 1.57. The van der Waals surface area contributed by atoms with Crippen LogP contribution in [-0.2, 0) is 0 Å². The Morgan fingerprint density at radius 2 is 1.70 bits per heavy atom. The zero-order valence-corrected chi connectivity index (χ0v) is 13.2. The summed E-state index contributed by atoms with van der Waals surface area (Å²) in [6, 6.07) is 0.363. The van der Waals surface area contributed by atoms with Gasteiger partial charge in [-0.2, -0.15) is 0 Å². The van der Waals surface area contributed by atoms with E-state index < -0.39 is 5.60 Å². The van der Waals surface area contributed by atoms with Crippen molar-refractivity contribution in [1.29, 1.82) is 0 Å². The Morgan fingerprint density at radius 3 is 2.40 bits per heavy atom. The molecule has 0 aromatic carbocycles. The molecular formula is C17H32N2O. The van der Waals surface area contributed by atoms with Crippen LogP contribution in [0.4, 0.5) is 0 Å². The van der Waals surface area contributed by atoms with Crippen molar-refractivity contribution in [3.05, 3.63) is 0 Å². The van der Waals surface area contributed by atoms with Crippen LogP contribution < -0.4 is 0 Å². The molecule has 0 aromatic heterocycles. The summed E-state index contributed by atoms with van der Waals surface area (Å²) in [4.78, 5) is 5.20. The highest BCUT2D eigenvalue weighted by molar-refractivity contribution is 4.97. The summed E-state index contributed by atoms with van der Waals surface area (Å²) in [5, 5.41) is 10.7. The number of piperidine rings is 1. The average Bonchev–Trinajstić information content (AvgIpc) is 2.96. The molecule has 1 aliphatic carbocycles. The molecule has 0 amide bonds. The molecule has 1 saturated carbocycles. The van der Waals surface area contributed by atoms with Crippen LogP contribution in [0.3, 0.4) is 0 Å². The Labute approximate surface area is 124 Å². The zero-order chi connectivity index (χ0) is 14.0. The minimum atomic E-state index is -0.479. The summed E-state index contributed by atoms with van der Waals surface area (Å²) < 4.78 is 0. The van der Waals surface area contributed by atoms with Gasteiger partial charge in [0, 0.05) is 19.6 Å². The minimum absolute atomic E-state index is 0.363. The third-order valence-corrected chi connectivity index (χ3v) is 5.91. The van der Waals surface area contributed by atoms with Gasteiger partial charge in [-0.3, -0.25) is 4.90 Å². The Morgan fingerprint density at radius 1 is 1.00 bits per heavy atom. The first-order chi connectivity index (χ1) is 9.65. The topological polar surface area (TPSA) is 26.7 Å². The van der Waals surface area contributed by atoms with Gasteiger partial charge in [-0.1, -0.05) is 19.3 Å². The molecule has 3 nitrogen and oxygen atoms in total. The van der Waals surface area contributed by atoms with Gasteiger partial charge in [0.1, 0.15) is 0 Å². The van der Waals surface area contributed by atoms with E-state index in [1.807, 2.05) is 0 Å². The molecule has 3 aliphatic rings. The fraction of sp³-hybridized carbons (Fsp3) is 1.00. The van der Waals surface area contributed by atoms with E-state index in [4.69, 9.17) is 0 Å². The lowest BCUT2D eigenvalue weighted by molar-refractivity contribution is -0.0788. The fourth-order valence-corrected chi connectivity index (χ4v) is 4.55. The van der Waals surface area contributed by atoms with E-state index in [2.05, 4.69) is 16.7 Å². The second-order valence-corrected chi connectivity index (χ2v) is 7.63. The van der Waals surface area contributed by atoms with Crippen LogP contribution >= 0.6 is 0 Å². The Hall–Kier alpha value is -0.120. The quantitative estimate of drug-likeness (QED) is 0.860. The van der Waals surface area contributed by atoms with Crippen molar-refractivity contribution >= 4 is 0 Å². The molecule has 116 valence electrons. The maximum atomic E-state index is 10.7. The van der Waals surface area contributed by atoms with Crippen LogP contribution in [0.5, 0.6) is 0 Å². The van der Waals surface area contributed by atoms with E-state index in [1.54, 1.807) is 0 Å². The van der Waals surface area contributed by atoms with Crippen LogP contribution in [0.15, 0.2) is 0 Å². The zero-order valence-electron chi connectivity index (χ0n) is 13.2. The van der Waals surface area contributed by atoms with Crippen molar-refractivity contribution in [1.82, 2.24) is 9.80 Å². The molecule has 3 heteroatoms. The van der Waals surface area contributed by atoms with Gasteiger partial charge in [-0.25, -0.2) is 0 Å². The molecule has 1 N–H and O–H groups in total. The predicted molar refractivity (Wildman–Crippen MR) is 82.9 cm³/mol. The second-order valence-electron chi connectivity index (χ2n) is 7.63. The summed E-state index contributed by atoms with van der Waals surface area (Å²) in [6.07, 6.45) is 10.8. The molecule has 3 rings (SSSR count). The van der Waals surface area contributed by atoms with Gasteiger partial charge in [0.15, 0.2) is 0 Å². The molecule has 2 heterocycles. The number of nitrogens with zero attached hydrogens (tertiary/aromatic N) is 2. The molecule has 0 bridgehead atoms. The van der Waals surface area contributed by atoms with E-state index in [-0.39, 0.29) is 0 Å². The molecule has 0 unspecified atom stereocenters. The lowest BCUT2D eigenvalue weighted by Crippen LogP contribution is -2.61. The number of aliphatic hydroxyl groups is 1. The smallest absolute Gasteiger partial charge is 0.0798 e. The first-order valence-corrected chi connectivity index (χ1v) is 8.84. The van der Waals surface area contributed by atoms with E-state index in [0.29, 0.717) is 6.04 Å². The van der Waals surface area contributed by atoms with Crippen LogP contribution in [0, 0.1) is 5.92 Å². The van der Waals surface area contributed by atoms with E-state index in [0.717, 1.165) is 25.4 Å². The third-order valence-electron chi connectivity index (χ3n) is 5.91. The molecular weight excluding hydrogens is 248 g/mol. The van der Waals surface area contributed by atoms with Crippen molar-refractivity contribution in [3.63, 3.8) is 0 Å². The van der Waals surface area contributed by atoms with Gasteiger partial charge >= 0.3 is 0 Å². The second kappa shape index (κ2) is 6.33.